The largest absolute Gasteiger partial charge is 0.493 e. The fourth-order valence-corrected chi connectivity index (χ4v) is 4.98. The molecule has 0 aromatic heterocycles. The number of hydrogen-bond donors (Lipinski definition) is 1. The molecule has 2 aromatic carbocycles. The van der Waals surface area contributed by atoms with Crippen molar-refractivity contribution < 1.29 is 23.8 Å². The van der Waals surface area contributed by atoms with E-state index in [9.17, 15) is 9.59 Å². The van der Waals surface area contributed by atoms with Crippen molar-refractivity contribution in [3.8, 4) is 17.2 Å². The quantitative estimate of drug-likeness (QED) is 0.472. The highest BCUT2D eigenvalue weighted by atomic mass is 16.5. The second-order valence-electron chi connectivity index (χ2n) is 9.54. The first-order chi connectivity index (χ1) is 16.9. The number of rotatable bonds is 9. The van der Waals surface area contributed by atoms with Gasteiger partial charge in [0.15, 0.2) is 17.3 Å². The van der Waals surface area contributed by atoms with Gasteiger partial charge >= 0.3 is 0 Å². The Hall–Kier alpha value is -3.28. The predicted molar refractivity (Wildman–Crippen MR) is 135 cm³/mol. The Balaban J connectivity index is 1.64. The van der Waals surface area contributed by atoms with Crippen LogP contribution in [0.2, 0.25) is 0 Å². The van der Waals surface area contributed by atoms with Crippen molar-refractivity contribution in [2.45, 2.75) is 70.8 Å². The van der Waals surface area contributed by atoms with Crippen LogP contribution in [0.15, 0.2) is 53.7 Å². The van der Waals surface area contributed by atoms with Crippen LogP contribution in [-0.4, -0.2) is 31.5 Å². The van der Waals surface area contributed by atoms with E-state index >= 15 is 0 Å². The van der Waals surface area contributed by atoms with Gasteiger partial charge in [-0.25, -0.2) is 0 Å². The van der Waals surface area contributed by atoms with Crippen molar-refractivity contribution in [1.29, 1.82) is 0 Å². The van der Waals surface area contributed by atoms with Gasteiger partial charge < -0.3 is 19.5 Å². The molecule has 0 spiro atoms. The van der Waals surface area contributed by atoms with E-state index in [0.29, 0.717) is 30.9 Å². The monoisotopic (exact) mass is 477 g/mol. The highest BCUT2D eigenvalue weighted by Crippen LogP contribution is 2.45. The Morgan fingerprint density at radius 2 is 1.80 bits per heavy atom. The van der Waals surface area contributed by atoms with Gasteiger partial charge in [-0.3, -0.25) is 9.59 Å². The maximum Gasteiger partial charge on any atom is 0.225 e. The Kier molecular flexibility index (Phi) is 7.79. The lowest BCUT2D eigenvalue weighted by molar-refractivity contribution is -0.122. The number of carbonyl (C=O) groups excluding carboxylic acids is 2. The van der Waals surface area contributed by atoms with Crippen LogP contribution in [0.25, 0.3) is 0 Å². The third-order valence-corrected chi connectivity index (χ3v) is 6.61. The van der Waals surface area contributed by atoms with Crippen molar-refractivity contribution in [2.75, 3.05) is 13.7 Å². The van der Waals surface area contributed by atoms with Crippen LogP contribution in [0.1, 0.15) is 75.8 Å². The van der Waals surface area contributed by atoms with Crippen LogP contribution in [0.3, 0.4) is 0 Å². The highest BCUT2D eigenvalue weighted by Gasteiger charge is 2.39. The summed E-state index contributed by atoms with van der Waals surface area (Å²) in [5, 5.41) is 3.01. The second kappa shape index (κ2) is 11.0. The van der Waals surface area contributed by atoms with Gasteiger partial charge in [0.2, 0.25) is 5.91 Å². The standard InChI is InChI=1S/C29H35NO5/c1-5-6-13-34-25-10-8-7-9-21(25)22-17-28(32)30-23-14-20(15-24(31)29(22)23)19-11-12-26(35-18(2)3)27(16-19)33-4/h7-12,16,18,20,22H,5-6,13-15,17H2,1-4H3,(H,30,32). The summed E-state index contributed by atoms with van der Waals surface area (Å²) in [5.74, 6) is 1.76. The van der Waals surface area contributed by atoms with Crippen molar-refractivity contribution >= 4 is 11.7 Å². The smallest absolute Gasteiger partial charge is 0.225 e. The third kappa shape index (κ3) is 5.53. The number of nitrogens with one attached hydrogen (secondary N) is 1. The lowest BCUT2D eigenvalue weighted by Gasteiger charge is -2.35. The number of carbonyl (C=O) groups is 2. The molecule has 6 nitrogen and oxygen atoms in total. The molecule has 0 saturated heterocycles. The molecule has 1 aliphatic heterocycles. The minimum Gasteiger partial charge on any atom is -0.493 e. The number of Topliss-reactive ketones (excluding diaryl/α,β-unsaturated/α-hetero) is 1. The van der Waals surface area contributed by atoms with E-state index < -0.39 is 0 Å². The summed E-state index contributed by atoms with van der Waals surface area (Å²) in [4.78, 5) is 26.3. The molecular formula is C29H35NO5. The van der Waals surface area contributed by atoms with Crippen LogP contribution in [0.4, 0.5) is 0 Å². The van der Waals surface area contributed by atoms with Crippen molar-refractivity contribution in [2.24, 2.45) is 0 Å². The number of ketones is 1. The fourth-order valence-electron chi connectivity index (χ4n) is 4.98. The highest BCUT2D eigenvalue weighted by molar-refractivity contribution is 6.02. The molecule has 2 atom stereocenters. The molecule has 186 valence electrons. The van der Waals surface area contributed by atoms with E-state index in [0.717, 1.165) is 41.0 Å². The Morgan fingerprint density at radius 1 is 1.00 bits per heavy atom. The summed E-state index contributed by atoms with van der Waals surface area (Å²) in [6.07, 6.45) is 3.25. The third-order valence-electron chi connectivity index (χ3n) is 6.61. The summed E-state index contributed by atoms with van der Waals surface area (Å²) >= 11 is 0. The van der Waals surface area contributed by atoms with E-state index in [1.54, 1.807) is 7.11 Å². The summed E-state index contributed by atoms with van der Waals surface area (Å²) in [6, 6.07) is 13.6. The van der Waals surface area contributed by atoms with Gasteiger partial charge in [0.25, 0.3) is 0 Å². The van der Waals surface area contributed by atoms with E-state index in [1.807, 2.05) is 56.3 Å². The Bertz CT molecular complexity index is 1120. The summed E-state index contributed by atoms with van der Waals surface area (Å²) in [6.45, 7) is 6.68. The van der Waals surface area contributed by atoms with E-state index in [-0.39, 0.29) is 36.1 Å². The molecular weight excluding hydrogens is 442 g/mol. The zero-order chi connectivity index (χ0) is 24.9. The van der Waals surface area contributed by atoms with Crippen molar-refractivity contribution in [1.82, 2.24) is 5.32 Å². The van der Waals surface area contributed by atoms with E-state index in [1.165, 1.54) is 0 Å². The molecule has 2 aliphatic rings. The van der Waals surface area contributed by atoms with Crippen LogP contribution in [0, 0.1) is 0 Å². The first-order valence-corrected chi connectivity index (χ1v) is 12.5. The van der Waals surface area contributed by atoms with Crippen molar-refractivity contribution in [3.05, 3.63) is 64.9 Å². The van der Waals surface area contributed by atoms with Gasteiger partial charge in [-0.2, -0.15) is 0 Å². The second-order valence-corrected chi connectivity index (χ2v) is 9.54. The summed E-state index contributed by atoms with van der Waals surface area (Å²) in [7, 11) is 1.62. The molecule has 2 unspecified atom stereocenters. The average Bonchev–Trinajstić information content (AvgIpc) is 2.83. The molecule has 1 N–H and O–H groups in total. The first kappa shape index (κ1) is 24.8. The molecule has 4 rings (SSSR count). The maximum atomic E-state index is 13.5. The topological polar surface area (TPSA) is 73.9 Å². The predicted octanol–water partition coefficient (Wildman–Crippen LogP) is 5.67. The first-order valence-electron chi connectivity index (χ1n) is 12.5. The number of ether oxygens (including phenoxy) is 3. The molecule has 1 heterocycles. The van der Waals surface area contributed by atoms with Crippen LogP contribution in [0.5, 0.6) is 17.2 Å². The number of para-hydroxylation sites is 1. The molecule has 6 heteroatoms. The molecule has 0 saturated carbocycles. The van der Waals surface area contributed by atoms with E-state index in [4.69, 9.17) is 14.2 Å². The molecule has 2 aromatic rings. The SMILES string of the molecule is CCCCOc1ccccc1C1CC(=O)NC2=C1C(=O)CC(c1ccc(OC(C)C)c(OC)c1)C2. The molecule has 0 bridgehead atoms. The van der Waals surface area contributed by atoms with Crippen molar-refractivity contribution in [3.63, 3.8) is 0 Å². The normalized spacial score (nSPS) is 19.9. The van der Waals surface area contributed by atoms with E-state index in [2.05, 4.69) is 12.2 Å². The molecule has 1 amide bonds. The molecule has 0 fully saturated rings. The van der Waals surface area contributed by atoms with Gasteiger partial charge in [0.05, 0.1) is 19.8 Å². The molecule has 1 aliphatic carbocycles. The van der Waals surface area contributed by atoms with Crippen LogP contribution < -0.4 is 19.5 Å². The Morgan fingerprint density at radius 3 is 2.54 bits per heavy atom. The van der Waals surface area contributed by atoms with Crippen LogP contribution >= 0.6 is 0 Å². The number of unbranched alkanes of at least 4 members (excludes halogenated alkanes) is 1. The van der Waals surface area contributed by atoms with Gasteiger partial charge in [0.1, 0.15) is 5.75 Å². The lowest BCUT2D eigenvalue weighted by atomic mass is 9.73. The summed E-state index contributed by atoms with van der Waals surface area (Å²) < 4.78 is 17.4. The van der Waals surface area contributed by atoms with Crippen LogP contribution in [-0.2, 0) is 9.59 Å². The number of benzene rings is 2. The fraction of sp³-hybridized carbons (Fsp3) is 0.448. The van der Waals surface area contributed by atoms with Gasteiger partial charge in [-0.05, 0) is 56.4 Å². The molecule has 0 radical (unpaired) electrons. The Labute approximate surface area is 207 Å². The number of amides is 1. The lowest BCUT2D eigenvalue weighted by Crippen LogP contribution is -2.38. The summed E-state index contributed by atoms with van der Waals surface area (Å²) in [5.41, 5.74) is 3.36. The number of allylic oxidation sites excluding steroid dienone is 2. The van der Waals surface area contributed by atoms with Gasteiger partial charge in [-0.1, -0.05) is 37.6 Å². The number of methoxy groups -OCH3 is 1. The minimum atomic E-state index is -0.290. The number of hydrogen-bond acceptors (Lipinski definition) is 5. The zero-order valence-electron chi connectivity index (χ0n) is 21.1. The van der Waals surface area contributed by atoms with Gasteiger partial charge in [0, 0.05) is 35.6 Å². The maximum absolute atomic E-state index is 13.5. The van der Waals surface area contributed by atoms with Gasteiger partial charge in [-0.15, -0.1) is 0 Å². The molecule has 35 heavy (non-hydrogen) atoms. The zero-order valence-corrected chi connectivity index (χ0v) is 21.1. The average molecular weight is 478 g/mol. The minimum absolute atomic E-state index is 0.0296.